The normalized spacial score (nSPS) is 24.4. The quantitative estimate of drug-likeness (QED) is 0.920. The molecular weight excluding hydrogens is 314 g/mol. The molecule has 0 saturated heterocycles. The second kappa shape index (κ2) is 6.51. The van der Waals surface area contributed by atoms with Crippen LogP contribution in [0.5, 0.6) is 5.75 Å². The van der Waals surface area contributed by atoms with Crippen LogP contribution in [0.25, 0.3) is 0 Å². The van der Waals surface area contributed by atoms with Crippen LogP contribution in [0.3, 0.4) is 0 Å². The Morgan fingerprint density at radius 2 is 1.96 bits per heavy atom. The monoisotopic (exact) mass is 337 g/mol. The fourth-order valence-electron chi connectivity index (χ4n) is 3.48. The Labute approximate surface area is 137 Å². The molecule has 1 aromatic carbocycles. The van der Waals surface area contributed by atoms with Crippen molar-refractivity contribution < 1.29 is 17.9 Å². The molecule has 23 heavy (non-hydrogen) atoms. The molecule has 3 rings (SSSR count). The van der Waals surface area contributed by atoms with Crippen LogP contribution in [0, 0.1) is 5.92 Å². The molecular formula is C17H23NO4S. The zero-order valence-electron chi connectivity index (χ0n) is 13.4. The van der Waals surface area contributed by atoms with E-state index < -0.39 is 9.84 Å². The minimum absolute atomic E-state index is 0.0282. The van der Waals surface area contributed by atoms with Crippen molar-refractivity contribution in [1.82, 2.24) is 0 Å². The van der Waals surface area contributed by atoms with E-state index in [4.69, 9.17) is 4.74 Å². The summed E-state index contributed by atoms with van der Waals surface area (Å²) < 4.78 is 28.9. The Kier molecular flexibility index (Phi) is 4.62. The highest BCUT2D eigenvalue weighted by Gasteiger charge is 2.31. The van der Waals surface area contributed by atoms with Gasteiger partial charge in [0.1, 0.15) is 15.6 Å². The number of sulfone groups is 1. The average Bonchev–Trinajstić information content (AvgIpc) is 2.54. The van der Waals surface area contributed by atoms with E-state index in [0.717, 1.165) is 29.8 Å². The molecule has 1 amide bonds. The summed E-state index contributed by atoms with van der Waals surface area (Å²) in [5.41, 5.74) is 1.87. The van der Waals surface area contributed by atoms with E-state index >= 15 is 0 Å². The summed E-state index contributed by atoms with van der Waals surface area (Å²) in [5, 5.41) is 2.69. The molecule has 5 nitrogen and oxygen atoms in total. The van der Waals surface area contributed by atoms with E-state index in [1.54, 1.807) is 0 Å². The molecule has 0 aromatic heterocycles. The first-order chi connectivity index (χ1) is 10.9. The highest BCUT2D eigenvalue weighted by molar-refractivity contribution is 7.91. The van der Waals surface area contributed by atoms with Gasteiger partial charge in [0, 0.05) is 12.2 Å². The number of anilines is 1. The zero-order valence-corrected chi connectivity index (χ0v) is 14.2. The average molecular weight is 337 g/mol. The third kappa shape index (κ3) is 3.68. The van der Waals surface area contributed by atoms with Gasteiger partial charge in [-0.1, -0.05) is 12.1 Å². The largest absolute Gasteiger partial charge is 0.491 e. The van der Waals surface area contributed by atoms with Crippen LogP contribution < -0.4 is 10.1 Å². The van der Waals surface area contributed by atoms with Crippen LogP contribution in [0.4, 0.5) is 5.69 Å². The molecule has 126 valence electrons. The minimum atomic E-state index is -3.00. The summed E-state index contributed by atoms with van der Waals surface area (Å²) in [5.74, 6) is 0.642. The van der Waals surface area contributed by atoms with Crippen LogP contribution in [0.2, 0.25) is 0 Å². The highest BCUT2D eigenvalue weighted by Crippen LogP contribution is 2.34. The number of aryl methyl sites for hydroxylation is 1. The number of hydrogen-bond donors (Lipinski definition) is 1. The molecule has 0 unspecified atom stereocenters. The van der Waals surface area contributed by atoms with Crippen molar-refractivity contribution in [2.75, 3.05) is 18.2 Å². The van der Waals surface area contributed by atoms with E-state index in [2.05, 4.69) is 5.32 Å². The number of para-hydroxylation sites is 1. The molecule has 1 N–H and O–H groups in total. The van der Waals surface area contributed by atoms with Crippen molar-refractivity contribution in [3.05, 3.63) is 23.8 Å². The standard InChI is InChI=1S/C17H23NO4S/c1-23(20,21)14-9-7-13(8-10-14)17(19)18-15-6-2-4-12-5-3-11-22-16(12)15/h2,4,6,13-14H,3,5,7-11H2,1H3,(H,18,19). The van der Waals surface area contributed by atoms with Crippen LogP contribution in [-0.4, -0.2) is 32.4 Å². The Balaban J connectivity index is 1.65. The molecule has 1 aliphatic carbocycles. The third-order valence-corrected chi connectivity index (χ3v) is 6.52. The first-order valence-electron chi connectivity index (χ1n) is 8.19. The van der Waals surface area contributed by atoms with Gasteiger partial charge < -0.3 is 10.1 Å². The first-order valence-corrected chi connectivity index (χ1v) is 10.1. The van der Waals surface area contributed by atoms with E-state index in [0.29, 0.717) is 32.3 Å². The van der Waals surface area contributed by atoms with Gasteiger partial charge in [0.2, 0.25) is 5.91 Å². The fraction of sp³-hybridized carbons (Fsp3) is 0.588. The van der Waals surface area contributed by atoms with E-state index in [1.165, 1.54) is 6.26 Å². The molecule has 1 saturated carbocycles. The second-order valence-corrected chi connectivity index (χ2v) is 8.86. The number of carbonyl (C=O) groups is 1. The molecule has 1 aromatic rings. The number of nitrogens with one attached hydrogen (secondary N) is 1. The molecule has 1 heterocycles. The van der Waals surface area contributed by atoms with Crippen LogP contribution in [0.1, 0.15) is 37.7 Å². The van der Waals surface area contributed by atoms with E-state index in [9.17, 15) is 13.2 Å². The minimum Gasteiger partial charge on any atom is -0.491 e. The van der Waals surface area contributed by atoms with Gasteiger partial charge >= 0.3 is 0 Å². The second-order valence-electron chi connectivity index (χ2n) is 6.54. The summed E-state index contributed by atoms with van der Waals surface area (Å²) in [6.45, 7) is 0.680. The van der Waals surface area contributed by atoms with Crippen molar-refractivity contribution in [2.45, 2.75) is 43.8 Å². The van der Waals surface area contributed by atoms with Crippen LogP contribution >= 0.6 is 0 Å². The maximum Gasteiger partial charge on any atom is 0.227 e. The smallest absolute Gasteiger partial charge is 0.227 e. The van der Waals surface area contributed by atoms with Crippen LogP contribution in [-0.2, 0) is 21.1 Å². The van der Waals surface area contributed by atoms with Crippen molar-refractivity contribution in [2.24, 2.45) is 5.92 Å². The molecule has 0 atom stereocenters. The lowest BCUT2D eigenvalue weighted by Gasteiger charge is -2.27. The molecule has 2 aliphatic rings. The summed E-state index contributed by atoms with van der Waals surface area (Å²) in [6.07, 6.45) is 5.64. The summed E-state index contributed by atoms with van der Waals surface area (Å²) >= 11 is 0. The molecule has 6 heteroatoms. The Bertz CT molecular complexity index is 691. The number of rotatable bonds is 3. The van der Waals surface area contributed by atoms with Crippen molar-refractivity contribution in [3.8, 4) is 5.75 Å². The number of ether oxygens (including phenoxy) is 1. The maximum atomic E-state index is 12.5. The number of hydrogen-bond acceptors (Lipinski definition) is 4. The lowest BCUT2D eigenvalue weighted by molar-refractivity contribution is -0.120. The number of benzene rings is 1. The highest BCUT2D eigenvalue weighted by atomic mass is 32.2. The van der Waals surface area contributed by atoms with Gasteiger partial charge in [-0.3, -0.25) is 4.79 Å². The summed E-state index contributed by atoms with van der Waals surface area (Å²) in [6, 6.07) is 5.83. The molecule has 1 fully saturated rings. The molecule has 0 spiro atoms. The topological polar surface area (TPSA) is 72.5 Å². The Morgan fingerprint density at radius 3 is 2.65 bits per heavy atom. The van der Waals surface area contributed by atoms with Gasteiger partial charge in [-0.15, -0.1) is 0 Å². The predicted molar refractivity (Wildman–Crippen MR) is 89.5 cm³/mol. The predicted octanol–water partition coefficient (Wildman–Crippen LogP) is 2.55. The van der Waals surface area contributed by atoms with E-state index in [1.807, 2.05) is 18.2 Å². The number of fused-ring (bicyclic) bond motifs is 1. The summed E-state index contributed by atoms with van der Waals surface area (Å²) in [7, 11) is -3.00. The lowest BCUT2D eigenvalue weighted by atomic mass is 9.88. The number of amides is 1. The van der Waals surface area contributed by atoms with Crippen molar-refractivity contribution >= 4 is 21.4 Å². The zero-order chi connectivity index (χ0) is 16.4. The first kappa shape index (κ1) is 16.3. The van der Waals surface area contributed by atoms with Gasteiger partial charge in [0.05, 0.1) is 17.5 Å². The summed E-state index contributed by atoms with van der Waals surface area (Å²) in [4.78, 5) is 12.5. The van der Waals surface area contributed by atoms with Gasteiger partial charge in [0.25, 0.3) is 0 Å². The Hall–Kier alpha value is -1.56. The van der Waals surface area contributed by atoms with Crippen molar-refractivity contribution in [3.63, 3.8) is 0 Å². The molecule has 0 radical (unpaired) electrons. The van der Waals surface area contributed by atoms with Gasteiger partial charge in [-0.05, 0) is 50.2 Å². The fourth-order valence-corrected chi connectivity index (χ4v) is 4.60. The maximum absolute atomic E-state index is 12.5. The third-order valence-electron chi connectivity index (χ3n) is 4.84. The lowest BCUT2D eigenvalue weighted by Crippen LogP contribution is -2.32. The molecule has 1 aliphatic heterocycles. The Morgan fingerprint density at radius 1 is 1.22 bits per heavy atom. The van der Waals surface area contributed by atoms with Gasteiger partial charge in [-0.25, -0.2) is 8.42 Å². The van der Waals surface area contributed by atoms with Crippen LogP contribution in [0.15, 0.2) is 18.2 Å². The van der Waals surface area contributed by atoms with Gasteiger partial charge in [-0.2, -0.15) is 0 Å². The van der Waals surface area contributed by atoms with Gasteiger partial charge in [0.15, 0.2) is 0 Å². The molecule has 0 bridgehead atoms. The van der Waals surface area contributed by atoms with E-state index in [-0.39, 0.29) is 17.1 Å². The van der Waals surface area contributed by atoms with Crippen molar-refractivity contribution in [1.29, 1.82) is 0 Å². The SMILES string of the molecule is CS(=O)(=O)C1CCC(C(=O)Nc2cccc3c2OCCC3)CC1. The number of carbonyl (C=O) groups excluding carboxylic acids is 1.